The van der Waals surface area contributed by atoms with E-state index < -0.39 is 0 Å². The van der Waals surface area contributed by atoms with Gasteiger partial charge in [-0.2, -0.15) is 0 Å². The van der Waals surface area contributed by atoms with Gasteiger partial charge in [-0.3, -0.25) is 0 Å². The van der Waals surface area contributed by atoms with E-state index in [0.29, 0.717) is 0 Å². The fourth-order valence-corrected chi connectivity index (χ4v) is 2.53. The van der Waals surface area contributed by atoms with Gasteiger partial charge in [0.15, 0.2) is 5.16 Å². The Hall–Kier alpha value is -0.970. The molecule has 0 saturated heterocycles. The Kier molecular flexibility index (Phi) is 3.76. The standard InChI is InChI=1S/C12H20N4S/c1-4-12(6-5-7-12)16-10-8-9(13-2)14-11(15-10)17-3/h8H,4-7H2,1-3H3,(H2,13,14,15,16). The van der Waals surface area contributed by atoms with Crippen LogP contribution in [0.1, 0.15) is 32.6 Å². The third-order valence-electron chi connectivity index (χ3n) is 3.53. The van der Waals surface area contributed by atoms with Gasteiger partial charge in [0.1, 0.15) is 11.6 Å². The molecule has 4 nitrogen and oxygen atoms in total. The highest BCUT2D eigenvalue weighted by Gasteiger charge is 2.35. The Morgan fingerprint density at radius 1 is 1.35 bits per heavy atom. The Bertz CT molecular complexity index is 362. The lowest BCUT2D eigenvalue weighted by molar-refractivity contribution is 0.268. The largest absolute Gasteiger partial charge is 0.373 e. The fraction of sp³-hybridized carbons (Fsp3) is 0.667. The smallest absolute Gasteiger partial charge is 0.191 e. The zero-order valence-corrected chi connectivity index (χ0v) is 11.5. The molecule has 1 aromatic rings. The highest BCUT2D eigenvalue weighted by Crippen LogP contribution is 2.37. The van der Waals surface area contributed by atoms with Crippen molar-refractivity contribution in [2.75, 3.05) is 23.9 Å². The Morgan fingerprint density at radius 3 is 2.53 bits per heavy atom. The van der Waals surface area contributed by atoms with E-state index in [0.717, 1.165) is 23.2 Å². The Labute approximate surface area is 107 Å². The first kappa shape index (κ1) is 12.5. The summed E-state index contributed by atoms with van der Waals surface area (Å²) in [6, 6.07) is 1.98. The molecule has 0 amide bonds. The highest BCUT2D eigenvalue weighted by atomic mass is 32.2. The summed E-state index contributed by atoms with van der Waals surface area (Å²) in [4.78, 5) is 8.89. The predicted molar refractivity (Wildman–Crippen MR) is 73.9 cm³/mol. The second kappa shape index (κ2) is 5.12. The number of hydrogen-bond donors (Lipinski definition) is 2. The average Bonchev–Trinajstić information content (AvgIpc) is 2.33. The minimum Gasteiger partial charge on any atom is -0.373 e. The zero-order valence-electron chi connectivity index (χ0n) is 10.7. The maximum Gasteiger partial charge on any atom is 0.191 e. The molecule has 1 aliphatic carbocycles. The van der Waals surface area contributed by atoms with Crippen LogP contribution in [0.15, 0.2) is 11.2 Å². The molecule has 1 aliphatic rings. The molecule has 0 unspecified atom stereocenters. The summed E-state index contributed by atoms with van der Waals surface area (Å²) in [5, 5.41) is 7.47. The summed E-state index contributed by atoms with van der Waals surface area (Å²) in [5.74, 6) is 1.81. The van der Waals surface area contributed by atoms with Crippen molar-refractivity contribution in [3.8, 4) is 0 Å². The predicted octanol–water partition coefficient (Wildman–Crippen LogP) is 2.98. The van der Waals surface area contributed by atoms with Crippen LogP contribution in [0.2, 0.25) is 0 Å². The molecule has 0 bridgehead atoms. The zero-order chi connectivity index (χ0) is 12.3. The molecule has 0 atom stereocenters. The molecule has 17 heavy (non-hydrogen) atoms. The van der Waals surface area contributed by atoms with Gasteiger partial charge in [-0.15, -0.1) is 0 Å². The minimum absolute atomic E-state index is 0.273. The van der Waals surface area contributed by atoms with E-state index in [1.54, 1.807) is 11.8 Å². The third kappa shape index (κ3) is 2.65. The number of nitrogens with one attached hydrogen (secondary N) is 2. The van der Waals surface area contributed by atoms with Gasteiger partial charge in [-0.1, -0.05) is 18.7 Å². The normalized spacial score (nSPS) is 17.4. The molecule has 94 valence electrons. The van der Waals surface area contributed by atoms with Crippen LogP contribution in [0.4, 0.5) is 11.6 Å². The van der Waals surface area contributed by atoms with Gasteiger partial charge in [0.05, 0.1) is 0 Å². The molecule has 5 heteroatoms. The highest BCUT2D eigenvalue weighted by molar-refractivity contribution is 7.98. The van der Waals surface area contributed by atoms with Crippen LogP contribution < -0.4 is 10.6 Å². The first-order valence-corrected chi connectivity index (χ1v) is 7.33. The van der Waals surface area contributed by atoms with Gasteiger partial charge in [0.25, 0.3) is 0 Å². The Balaban J connectivity index is 2.19. The van der Waals surface area contributed by atoms with Crippen molar-refractivity contribution in [2.45, 2.75) is 43.3 Å². The molecule has 0 aliphatic heterocycles. The van der Waals surface area contributed by atoms with Gasteiger partial charge in [-0.25, -0.2) is 9.97 Å². The van der Waals surface area contributed by atoms with E-state index in [1.807, 2.05) is 19.4 Å². The summed E-state index contributed by atoms with van der Waals surface area (Å²) in [5.41, 5.74) is 0.273. The second-order valence-corrected chi connectivity index (χ2v) is 5.26. The lowest BCUT2D eigenvalue weighted by atomic mass is 9.75. The lowest BCUT2D eigenvalue weighted by Crippen LogP contribution is -2.44. The summed E-state index contributed by atoms with van der Waals surface area (Å²) < 4.78 is 0. The topological polar surface area (TPSA) is 49.8 Å². The molecule has 1 fully saturated rings. The van der Waals surface area contributed by atoms with Crippen LogP contribution in [0.25, 0.3) is 0 Å². The quantitative estimate of drug-likeness (QED) is 0.623. The van der Waals surface area contributed by atoms with Crippen LogP contribution >= 0.6 is 11.8 Å². The number of hydrogen-bond acceptors (Lipinski definition) is 5. The Morgan fingerprint density at radius 2 is 2.06 bits per heavy atom. The fourth-order valence-electron chi connectivity index (χ4n) is 2.15. The molecule has 2 N–H and O–H groups in total. The van der Waals surface area contributed by atoms with Gasteiger partial charge >= 0.3 is 0 Å². The molecule has 0 radical (unpaired) electrons. The first-order chi connectivity index (χ1) is 8.21. The monoisotopic (exact) mass is 252 g/mol. The van der Waals surface area contributed by atoms with Crippen molar-refractivity contribution < 1.29 is 0 Å². The van der Waals surface area contributed by atoms with E-state index in [4.69, 9.17) is 0 Å². The van der Waals surface area contributed by atoms with Crippen LogP contribution in [0.5, 0.6) is 0 Å². The number of aromatic nitrogens is 2. The summed E-state index contributed by atoms with van der Waals surface area (Å²) in [6.45, 7) is 2.24. The molecule has 1 saturated carbocycles. The van der Waals surface area contributed by atoms with E-state index in [1.165, 1.54) is 19.3 Å². The van der Waals surface area contributed by atoms with Gasteiger partial charge in [-0.05, 0) is 31.9 Å². The van der Waals surface area contributed by atoms with Crippen LogP contribution in [0.3, 0.4) is 0 Å². The molecular weight excluding hydrogens is 232 g/mol. The van der Waals surface area contributed by atoms with Crippen molar-refractivity contribution >= 4 is 23.4 Å². The molecule has 1 heterocycles. The van der Waals surface area contributed by atoms with E-state index >= 15 is 0 Å². The van der Waals surface area contributed by atoms with E-state index in [2.05, 4.69) is 27.5 Å². The number of nitrogens with zero attached hydrogens (tertiary/aromatic N) is 2. The molecule has 0 spiro atoms. The van der Waals surface area contributed by atoms with Crippen LogP contribution in [0, 0.1) is 0 Å². The van der Waals surface area contributed by atoms with Crippen molar-refractivity contribution in [1.29, 1.82) is 0 Å². The number of thioether (sulfide) groups is 1. The average molecular weight is 252 g/mol. The first-order valence-electron chi connectivity index (χ1n) is 6.10. The van der Waals surface area contributed by atoms with Gasteiger partial charge in [0, 0.05) is 18.7 Å². The maximum absolute atomic E-state index is 4.52. The summed E-state index contributed by atoms with van der Waals surface area (Å²) in [7, 11) is 1.88. The van der Waals surface area contributed by atoms with Crippen molar-refractivity contribution in [3.05, 3.63) is 6.07 Å². The molecular formula is C12H20N4S. The molecule has 2 rings (SSSR count). The molecule has 1 aromatic heterocycles. The third-order valence-corrected chi connectivity index (χ3v) is 4.07. The second-order valence-electron chi connectivity index (χ2n) is 4.49. The van der Waals surface area contributed by atoms with Crippen molar-refractivity contribution in [3.63, 3.8) is 0 Å². The number of anilines is 2. The van der Waals surface area contributed by atoms with Gasteiger partial charge in [0.2, 0.25) is 0 Å². The summed E-state index contributed by atoms with van der Waals surface area (Å²) >= 11 is 1.57. The van der Waals surface area contributed by atoms with Crippen LogP contribution in [-0.2, 0) is 0 Å². The molecule has 0 aromatic carbocycles. The van der Waals surface area contributed by atoms with Gasteiger partial charge < -0.3 is 10.6 Å². The summed E-state index contributed by atoms with van der Waals surface area (Å²) in [6.07, 6.45) is 6.96. The minimum atomic E-state index is 0.273. The van der Waals surface area contributed by atoms with E-state index in [-0.39, 0.29) is 5.54 Å². The maximum atomic E-state index is 4.52. The van der Waals surface area contributed by atoms with Crippen molar-refractivity contribution in [2.24, 2.45) is 0 Å². The van der Waals surface area contributed by atoms with Crippen LogP contribution in [-0.4, -0.2) is 28.8 Å². The lowest BCUT2D eigenvalue weighted by Gasteiger charge is -2.42. The van der Waals surface area contributed by atoms with E-state index in [9.17, 15) is 0 Å². The number of rotatable bonds is 5. The van der Waals surface area contributed by atoms with Crippen molar-refractivity contribution in [1.82, 2.24) is 9.97 Å². The SMILES string of the molecule is CCC1(Nc2cc(NC)nc(SC)n2)CCC1.